The molecule has 0 spiro atoms. The first kappa shape index (κ1) is 17.0. The first-order valence-electron chi connectivity index (χ1n) is 8.37. The Morgan fingerprint density at radius 3 is 2.76 bits per heavy atom. The van der Waals surface area contributed by atoms with E-state index in [1.165, 1.54) is 0 Å². The maximum atomic E-state index is 12.0. The molecule has 7 nitrogen and oxygen atoms in total. The number of benzene rings is 1. The van der Waals surface area contributed by atoms with Crippen molar-refractivity contribution in [3.8, 4) is 0 Å². The van der Waals surface area contributed by atoms with Crippen LogP contribution >= 0.6 is 0 Å². The number of aryl methyl sites for hydroxylation is 1. The number of nitrogens with zero attached hydrogens (tertiary/aromatic N) is 2. The predicted octanol–water partition coefficient (Wildman–Crippen LogP) is 1.61. The fourth-order valence-corrected chi connectivity index (χ4v) is 3.01. The summed E-state index contributed by atoms with van der Waals surface area (Å²) in [5.74, 6) is 0.0253. The number of amides is 2. The minimum absolute atomic E-state index is 0.0846. The third-order valence-electron chi connectivity index (χ3n) is 4.44. The molecule has 0 aliphatic carbocycles. The highest BCUT2D eigenvalue weighted by molar-refractivity contribution is 5.92. The molecule has 1 aliphatic rings. The average molecular weight is 342 g/mol. The van der Waals surface area contributed by atoms with Crippen LogP contribution in [0, 0.1) is 12.8 Å². The Morgan fingerprint density at radius 1 is 1.36 bits per heavy atom. The highest BCUT2D eigenvalue weighted by Gasteiger charge is 2.24. The van der Waals surface area contributed by atoms with Crippen molar-refractivity contribution in [1.29, 1.82) is 0 Å². The Bertz CT molecular complexity index is 754. The van der Waals surface area contributed by atoms with Crippen molar-refractivity contribution in [2.24, 2.45) is 11.7 Å². The molecule has 3 rings (SSSR count). The van der Waals surface area contributed by atoms with E-state index in [1.54, 1.807) is 13.0 Å². The standard InChI is InChI=1S/C18H22N4O3/c1-12-9-16(21-25-12)18(24)20-10-13-4-6-15(7-5-13)22-8-2-3-14(11-22)17(19)23/h4-7,9,14H,2-3,8,10-11H2,1H3,(H2,19,23)(H,20,24)/t14-/m1/s1. The summed E-state index contributed by atoms with van der Waals surface area (Å²) in [5.41, 5.74) is 7.76. The maximum absolute atomic E-state index is 12.0. The molecule has 132 valence electrons. The van der Waals surface area contributed by atoms with E-state index in [0.29, 0.717) is 18.8 Å². The average Bonchev–Trinajstić information content (AvgIpc) is 3.07. The zero-order chi connectivity index (χ0) is 17.8. The number of nitrogens with two attached hydrogens (primary N) is 1. The molecule has 3 N–H and O–H groups in total. The molecule has 0 bridgehead atoms. The summed E-state index contributed by atoms with van der Waals surface area (Å²) in [7, 11) is 0. The minimum Gasteiger partial charge on any atom is -0.371 e. The molecule has 0 unspecified atom stereocenters. The number of primary amides is 1. The lowest BCUT2D eigenvalue weighted by atomic mass is 9.97. The second-order valence-corrected chi connectivity index (χ2v) is 6.36. The van der Waals surface area contributed by atoms with Gasteiger partial charge in [0.05, 0.1) is 5.92 Å². The van der Waals surface area contributed by atoms with Gasteiger partial charge in [-0.25, -0.2) is 0 Å². The monoisotopic (exact) mass is 342 g/mol. The highest BCUT2D eigenvalue weighted by Crippen LogP contribution is 2.23. The Balaban J connectivity index is 1.57. The van der Waals surface area contributed by atoms with Crippen LogP contribution in [0.4, 0.5) is 5.69 Å². The van der Waals surface area contributed by atoms with Gasteiger partial charge in [0, 0.05) is 31.4 Å². The van der Waals surface area contributed by atoms with E-state index in [2.05, 4.69) is 15.4 Å². The molecule has 2 heterocycles. The lowest BCUT2D eigenvalue weighted by molar-refractivity contribution is -0.122. The third kappa shape index (κ3) is 4.17. The van der Waals surface area contributed by atoms with Gasteiger partial charge in [0.2, 0.25) is 5.91 Å². The van der Waals surface area contributed by atoms with Crippen LogP contribution < -0.4 is 16.0 Å². The van der Waals surface area contributed by atoms with Crippen molar-refractivity contribution >= 4 is 17.5 Å². The number of aromatic nitrogens is 1. The molecular formula is C18H22N4O3. The molecule has 7 heteroatoms. The van der Waals surface area contributed by atoms with Gasteiger partial charge in [-0.15, -0.1) is 0 Å². The van der Waals surface area contributed by atoms with E-state index >= 15 is 0 Å². The zero-order valence-corrected chi connectivity index (χ0v) is 14.2. The van der Waals surface area contributed by atoms with Gasteiger partial charge in [-0.3, -0.25) is 9.59 Å². The van der Waals surface area contributed by atoms with Crippen LogP contribution in [0.2, 0.25) is 0 Å². The van der Waals surface area contributed by atoms with Crippen molar-refractivity contribution < 1.29 is 14.1 Å². The molecule has 2 aromatic rings. The van der Waals surface area contributed by atoms with Gasteiger partial charge in [0.15, 0.2) is 5.69 Å². The molecule has 0 saturated carbocycles. The summed E-state index contributed by atoms with van der Waals surface area (Å²) in [6, 6.07) is 9.55. The Labute approximate surface area is 146 Å². The van der Waals surface area contributed by atoms with Gasteiger partial charge in [0.25, 0.3) is 5.91 Å². The van der Waals surface area contributed by atoms with Gasteiger partial charge in [-0.2, -0.15) is 0 Å². The van der Waals surface area contributed by atoms with Gasteiger partial charge in [-0.1, -0.05) is 17.3 Å². The molecule has 25 heavy (non-hydrogen) atoms. The summed E-state index contributed by atoms with van der Waals surface area (Å²) >= 11 is 0. The van der Waals surface area contributed by atoms with Crippen LogP contribution in [-0.4, -0.2) is 30.1 Å². The number of hydrogen-bond donors (Lipinski definition) is 2. The Morgan fingerprint density at radius 2 is 2.12 bits per heavy atom. The minimum atomic E-state index is -0.263. The smallest absolute Gasteiger partial charge is 0.273 e. The Hall–Kier alpha value is -2.83. The molecule has 1 atom stereocenters. The summed E-state index contributed by atoms with van der Waals surface area (Å²) in [5, 5.41) is 6.51. The van der Waals surface area contributed by atoms with Crippen molar-refractivity contribution in [2.45, 2.75) is 26.3 Å². The number of anilines is 1. The summed E-state index contributed by atoms with van der Waals surface area (Å²) in [6.45, 7) is 3.74. The van der Waals surface area contributed by atoms with E-state index in [-0.39, 0.29) is 23.4 Å². The summed E-state index contributed by atoms with van der Waals surface area (Å²) in [4.78, 5) is 25.5. The molecule has 0 radical (unpaired) electrons. The van der Waals surface area contributed by atoms with E-state index in [0.717, 1.165) is 30.6 Å². The van der Waals surface area contributed by atoms with Crippen LogP contribution in [0.5, 0.6) is 0 Å². The van der Waals surface area contributed by atoms with Crippen LogP contribution in [0.3, 0.4) is 0 Å². The third-order valence-corrected chi connectivity index (χ3v) is 4.44. The lowest BCUT2D eigenvalue weighted by Crippen LogP contribution is -2.41. The van der Waals surface area contributed by atoms with Crippen LogP contribution in [0.25, 0.3) is 0 Å². The van der Waals surface area contributed by atoms with E-state index in [9.17, 15) is 9.59 Å². The largest absolute Gasteiger partial charge is 0.371 e. The van der Waals surface area contributed by atoms with Gasteiger partial charge < -0.3 is 20.5 Å². The van der Waals surface area contributed by atoms with E-state index in [1.807, 2.05) is 24.3 Å². The summed E-state index contributed by atoms with van der Waals surface area (Å²) < 4.78 is 4.90. The number of piperidine rings is 1. The normalized spacial score (nSPS) is 17.3. The van der Waals surface area contributed by atoms with Crippen LogP contribution in [0.1, 0.15) is 34.7 Å². The van der Waals surface area contributed by atoms with Crippen molar-refractivity contribution in [2.75, 3.05) is 18.0 Å². The van der Waals surface area contributed by atoms with Gasteiger partial charge in [-0.05, 0) is 37.5 Å². The number of nitrogens with one attached hydrogen (secondary N) is 1. The quantitative estimate of drug-likeness (QED) is 0.860. The molecule has 1 aliphatic heterocycles. The lowest BCUT2D eigenvalue weighted by Gasteiger charge is -2.33. The second kappa shape index (κ2) is 7.38. The Kier molecular flexibility index (Phi) is 5.02. The zero-order valence-electron chi connectivity index (χ0n) is 14.2. The van der Waals surface area contributed by atoms with E-state index in [4.69, 9.17) is 10.3 Å². The molecule has 2 amide bonds. The summed E-state index contributed by atoms with van der Waals surface area (Å²) in [6.07, 6.45) is 1.82. The fraction of sp³-hybridized carbons (Fsp3) is 0.389. The van der Waals surface area contributed by atoms with Gasteiger partial charge >= 0.3 is 0 Å². The number of carbonyl (C=O) groups excluding carboxylic acids is 2. The molecule has 1 fully saturated rings. The van der Waals surface area contributed by atoms with Crippen molar-refractivity contribution in [1.82, 2.24) is 10.5 Å². The number of carbonyl (C=O) groups is 2. The molecule has 1 saturated heterocycles. The predicted molar refractivity (Wildman–Crippen MR) is 93.0 cm³/mol. The topological polar surface area (TPSA) is 101 Å². The molecular weight excluding hydrogens is 320 g/mol. The van der Waals surface area contributed by atoms with Crippen molar-refractivity contribution in [3.63, 3.8) is 0 Å². The highest BCUT2D eigenvalue weighted by atomic mass is 16.5. The first-order valence-corrected chi connectivity index (χ1v) is 8.37. The second-order valence-electron chi connectivity index (χ2n) is 6.36. The van der Waals surface area contributed by atoms with Crippen LogP contribution in [0.15, 0.2) is 34.9 Å². The molecule has 1 aromatic heterocycles. The van der Waals surface area contributed by atoms with Crippen LogP contribution in [-0.2, 0) is 11.3 Å². The number of rotatable bonds is 5. The van der Waals surface area contributed by atoms with Gasteiger partial charge in [0.1, 0.15) is 5.76 Å². The van der Waals surface area contributed by atoms with Crippen molar-refractivity contribution in [3.05, 3.63) is 47.3 Å². The molecule has 1 aromatic carbocycles. The first-order chi connectivity index (χ1) is 12.0. The maximum Gasteiger partial charge on any atom is 0.273 e. The SMILES string of the molecule is Cc1cc(C(=O)NCc2ccc(N3CCC[C@@H](C(N)=O)C3)cc2)no1. The number of hydrogen-bond acceptors (Lipinski definition) is 5. The fourth-order valence-electron chi connectivity index (χ4n) is 3.01. The van der Waals surface area contributed by atoms with E-state index < -0.39 is 0 Å².